The molecule has 3 aliphatic carbocycles. The summed E-state index contributed by atoms with van der Waals surface area (Å²) in [6, 6.07) is 40.0. The molecule has 3 heterocycles. The van der Waals surface area contributed by atoms with Gasteiger partial charge in [-0.3, -0.25) is 0 Å². The largest absolute Gasteiger partial charge is 0.311 e. The Morgan fingerprint density at radius 2 is 0.944 bits per heavy atom. The number of hydrogen-bond donors (Lipinski definition) is 0. The maximum absolute atomic E-state index is 2.79. The van der Waals surface area contributed by atoms with Crippen LogP contribution in [-0.4, -0.2) is 6.71 Å². The van der Waals surface area contributed by atoms with Gasteiger partial charge in [-0.25, -0.2) is 0 Å². The molecule has 0 N–H and O–H groups in total. The van der Waals surface area contributed by atoms with E-state index in [4.69, 9.17) is 0 Å². The number of nitrogens with zero attached hydrogens (tertiary/aromatic N) is 2. The molecule has 0 saturated heterocycles. The molecule has 2 nitrogen and oxygen atoms in total. The normalized spacial score (nSPS) is 20.3. The third-order valence-corrected chi connectivity index (χ3v) is 20.6. The van der Waals surface area contributed by atoms with E-state index in [0.717, 1.165) is 0 Å². The summed E-state index contributed by atoms with van der Waals surface area (Å²) in [6.45, 7) is 41.7. The van der Waals surface area contributed by atoms with Crippen LogP contribution in [0.4, 0.5) is 34.1 Å². The van der Waals surface area contributed by atoms with Gasteiger partial charge >= 0.3 is 0 Å². The van der Waals surface area contributed by atoms with Crippen LogP contribution in [0.3, 0.4) is 0 Å². The highest BCUT2D eigenvalue weighted by molar-refractivity contribution is 7.33. The number of hydrogen-bond acceptors (Lipinski definition) is 3. The molecule has 0 spiro atoms. The van der Waals surface area contributed by atoms with Gasteiger partial charge in [0, 0.05) is 43.2 Å². The second-order valence-electron chi connectivity index (χ2n) is 28.3. The Morgan fingerprint density at radius 1 is 0.472 bits per heavy atom. The summed E-state index contributed by atoms with van der Waals surface area (Å²) >= 11 is 2.08. The SMILES string of the molecule is Cc1cc2c3c(c1)N(c1ccc(C(C)(C)C)cc1)c1c(sc4cc5c(cc14)C(C)(C)CCC5(C)C)B3c1cc3c(cc1N2c1cc2c(cc1-c1ccccc1C)C(C)(C)CCC2(C)C)C(C)(C)CCC3(C)C. The molecule has 0 unspecified atom stereocenters. The van der Waals surface area contributed by atoms with Gasteiger partial charge in [0.2, 0.25) is 0 Å². The van der Waals surface area contributed by atoms with E-state index in [1.807, 2.05) is 0 Å². The molecule has 0 saturated carbocycles. The van der Waals surface area contributed by atoms with Crippen LogP contribution in [0, 0.1) is 13.8 Å². The molecule has 0 fully saturated rings. The third-order valence-electron chi connectivity index (χ3n) is 19.4. The second kappa shape index (κ2) is 15.3. The summed E-state index contributed by atoms with van der Waals surface area (Å²) in [5.41, 5.74) is 26.9. The molecule has 1 aromatic heterocycles. The molecule has 5 aliphatic rings. The maximum atomic E-state index is 2.79. The van der Waals surface area contributed by atoms with Crippen molar-refractivity contribution in [3.05, 3.63) is 147 Å². The fraction of sp³-hybridized carbons (Fsp3) is 0.441. The minimum Gasteiger partial charge on any atom is -0.311 e. The van der Waals surface area contributed by atoms with Gasteiger partial charge in [-0.1, -0.05) is 146 Å². The molecule has 4 heteroatoms. The summed E-state index contributed by atoms with van der Waals surface area (Å²) < 4.78 is 2.89. The second-order valence-corrected chi connectivity index (χ2v) is 29.4. The lowest BCUT2D eigenvalue weighted by atomic mass is 9.35. The molecule has 7 aromatic rings. The van der Waals surface area contributed by atoms with Crippen LogP contribution in [0.2, 0.25) is 0 Å². The van der Waals surface area contributed by atoms with Gasteiger partial charge in [-0.05, 0) is 211 Å². The van der Waals surface area contributed by atoms with Crippen molar-refractivity contribution in [2.75, 3.05) is 9.80 Å². The van der Waals surface area contributed by atoms with E-state index in [1.165, 1.54) is 160 Å². The average Bonchev–Trinajstić information content (AvgIpc) is 3.68. The number of aryl methyl sites for hydroxylation is 2. The zero-order valence-corrected chi connectivity index (χ0v) is 47.7. The number of thiophene rings is 1. The lowest BCUT2D eigenvalue weighted by Crippen LogP contribution is -2.61. The highest BCUT2D eigenvalue weighted by Gasteiger charge is 2.50. The smallest absolute Gasteiger partial charge is 0.264 e. The Hall–Kier alpha value is -5.06. The third kappa shape index (κ3) is 6.99. The monoisotopic (exact) mass is 967 g/mol. The molecule has 0 bridgehead atoms. The van der Waals surface area contributed by atoms with Crippen molar-refractivity contribution in [3.8, 4) is 11.1 Å². The van der Waals surface area contributed by atoms with Crippen LogP contribution in [0.5, 0.6) is 0 Å². The quantitative estimate of drug-likeness (QED) is 0.163. The van der Waals surface area contributed by atoms with Gasteiger partial charge in [-0.15, -0.1) is 11.3 Å². The molecule has 72 heavy (non-hydrogen) atoms. The van der Waals surface area contributed by atoms with Crippen molar-refractivity contribution in [3.63, 3.8) is 0 Å². The van der Waals surface area contributed by atoms with E-state index in [2.05, 4.69) is 236 Å². The molecular formula is C68H79BN2S. The summed E-state index contributed by atoms with van der Waals surface area (Å²) in [5.74, 6) is 0. The summed E-state index contributed by atoms with van der Waals surface area (Å²) in [5, 5.41) is 1.40. The van der Waals surface area contributed by atoms with Gasteiger partial charge in [0.15, 0.2) is 0 Å². The lowest BCUT2D eigenvalue weighted by Gasteiger charge is -2.48. The Labute approximate surface area is 437 Å². The van der Waals surface area contributed by atoms with Gasteiger partial charge in [0.25, 0.3) is 6.71 Å². The first kappa shape index (κ1) is 47.9. The Bertz CT molecular complexity index is 3440. The van der Waals surface area contributed by atoms with Crippen molar-refractivity contribution >= 4 is 78.0 Å². The van der Waals surface area contributed by atoms with E-state index in [9.17, 15) is 0 Å². The van der Waals surface area contributed by atoms with E-state index in [1.54, 1.807) is 0 Å². The molecule has 0 amide bonds. The maximum Gasteiger partial charge on any atom is 0.264 e. The standard InChI is InChI=1S/C68H79BN2S/c1-40-32-56-59-57(33-40)71(54-37-50-47(63(6,7)26-29-66(50,12)13)34-45(54)44-21-19-18-20-41(44)2)55-38-51-49(65(10,11)28-30-67(51,14)15)36-53(55)69(59)61-60(70(56)43-24-22-42(23-25-43)62(3,4)5)46-35-48-52(39-58(46)72-61)68(16,17)31-27-64(48,8)9/h18-25,32-39H,26-31H2,1-17H3. The Balaban J connectivity index is 1.25. The minimum absolute atomic E-state index is 0.0310. The molecular weight excluding hydrogens is 888 g/mol. The van der Waals surface area contributed by atoms with Crippen molar-refractivity contribution < 1.29 is 0 Å². The van der Waals surface area contributed by atoms with Crippen LogP contribution in [0.1, 0.15) is 192 Å². The fourth-order valence-corrected chi connectivity index (χ4v) is 15.6. The summed E-state index contributed by atoms with van der Waals surface area (Å²) in [4.78, 5) is 5.50. The van der Waals surface area contributed by atoms with Crippen LogP contribution in [0.25, 0.3) is 21.2 Å². The predicted molar refractivity (Wildman–Crippen MR) is 315 cm³/mol. The number of fused-ring (bicyclic) bond motifs is 9. The molecule has 0 atom stereocenters. The van der Waals surface area contributed by atoms with Gasteiger partial charge in [0.1, 0.15) is 0 Å². The topological polar surface area (TPSA) is 6.48 Å². The highest BCUT2D eigenvalue weighted by Crippen LogP contribution is 2.57. The highest BCUT2D eigenvalue weighted by atomic mass is 32.1. The summed E-state index contributed by atoms with van der Waals surface area (Å²) in [6.07, 6.45) is 7.09. The van der Waals surface area contributed by atoms with Crippen molar-refractivity contribution in [1.29, 1.82) is 0 Å². The van der Waals surface area contributed by atoms with Crippen LogP contribution in [-0.2, 0) is 37.9 Å². The zero-order valence-electron chi connectivity index (χ0n) is 46.9. The Kier molecular flexibility index (Phi) is 10.2. The molecule has 12 rings (SSSR count). The van der Waals surface area contributed by atoms with E-state index in [-0.39, 0.29) is 44.6 Å². The van der Waals surface area contributed by atoms with Gasteiger partial charge in [-0.2, -0.15) is 0 Å². The van der Waals surface area contributed by atoms with Crippen LogP contribution >= 0.6 is 11.3 Å². The molecule has 0 radical (unpaired) electrons. The van der Waals surface area contributed by atoms with Crippen molar-refractivity contribution in [2.24, 2.45) is 0 Å². The molecule has 2 aliphatic heterocycles. The van der Waals surface area contributed by atoms with Gasteiger partial charge in [0.05, 0.1) is 11.4 Å². The van der Waals surface area contributed by atoms with E-state index >= 15 is 0 Å². The number of anilines is 6. The molecule has 370 valence electrons. The van der Waals surface area contributed by atoms with Crippen molar-refractivity contribution in [2.45, 2.75) is 194 Å². The number of benzene rings is 6. The molecule has 6 aromatic carbocycles. The van der Waals surface area contributed by atoms with Crippen LogP contribution < -0.4 is 25.5 Å². The van der Waals surface area contributed by atoms with Gasteiger partial charge < -0.3 is 9.80 Å². The summed E-state index contributed by atoms with van der Waals surface area (Å²) in [7, 11) is 0. The first-order valence-electron chi connectivity index (χ1n) is 27.5. The average molecular weight is 967 g/mol. The minimum atomic E-state index is 0.0310. The van der Waals surface area contributed by atoms with E-state index in [0.29, 0.717) is 0 Å². The lowest BCUT2D eigenvalue weighted by molar-refractivity contribution is 0.332. The fourth-order valence-electron chi connectivity index (χ4n) is 14.3. The predicted octanol–water partition coefficient (Wildman–Crippen LogP) is 17.6. The number of rotatable bonds is 3. The first-order valence-corrected chi connectivity index (χ1v) is 28.3. The van der Waals surface area contributed by atoms with E-state index < -0.39 is 0 Å². The first-order chi connectivity index (χ1) is 33.6. The zero-order chi connectivity index (χ0) is 51.2. The van der Waals surface area contributed by atoms with Crippen LogP contribution in [0.15, 0.2) is 97.1 Å². The Morgan fingerprint density at radius 3 is 1.49 bits per heavy atom. The van der Waals surface area contributed by atoms with Crippen molar-refractivity contribution in [1.82, 2.24) is 0 Å².